The van der Waals surface area contributed by atoms with E-state index in [2.05, 4.69) is 13.8 Å². The van der Waals surface area contributed by atoms with E-state index in [0.29, 0.717) is 33.6 Å². The first kappa shape index (κ1) is 19.4. The Hall–Kier alpha value is -1.34. The van der Waals surface area contributed by atoms with Gasteiger partial charge in [0.05, 0.1) is 16.7 Å². The molecule has 3 atom stereocenters. The smallest absolute Gasteiger partial charge is 0.262 e. The van der Waals surface area contributed by atoms with Crippen LogP contribution in [0.4, 0.5) is 0 Å². The number of rotatable bonds is 5. The number of para-hydroxylation sites is 1. The Bertz CT molecular complexity index is 953. The van der Waals surface area contributed by atoms with Gasteiger partial charge in [0.1, 0.15) is 9.84 Å². The lowest BCUT2D eigenvalue weighted by Gasteiger charge is -2.36. The van der Waals surface area contributed by atoms with E-state index in [1.165, 1.54) is 24.4 Å². The maximum Gasteiger partial charge on any atom is 0.262 e. The third-order valence-electron chi connectivity index (χ3n) is 5.46. The first-order valence-corrected chi connectivity index (χ1v) is 12.1. The standard InChI is InChI=1S/C19H26N2O3S2/c1-13-7-6-10-17(14(13)2)21-18(22)15-8-4-5-9-16(15)20-19(21)25-11-12-26(3,23)24/h4-5,8-9,13-14,17H,6-7,10-12H2,1-3H3. The lowest BCUT2D eigenvalue weighted by Crippen LogP contribution is -2.35. The molecule has 0 spiro atoms. The monoisotopic (exact) mass is 394 g/mol. The molecule has 142 valence electrons. The molecule has 1 aliphatic carbocycles. The summed E-state index contributed by atoms with van der Waals surface area (Å²) in [5, 5.41) is 1.27. The molecule has 1 aromatic heterocycles. The molecule has 5 nitrogen and oxygen atoms in total. The Labute approximate surface area is 159 Å². The molecule has 3 unspecified atom stereocenters. The Balaban J connectivity index is 2.07. The minimum atomic E-state index is -3.04. The predicted molar refractivity (Wildman–Crippen MR) is 108 cm³/mol. The second-order valence-electron chi connectivity index (χ2n) is 7.40. The molecule has 2 aromatic rings. The summed E-state index contributed by atoms with van der Waals surface area (Å²) in [5.74, 6) is 1.43. The molecule has 1 saturated carbocycles. The third kappa shape index (κ3) is 4.14. The molecular formula is C19H26N2O3S2. The number of hydrogen-bond acceptors (Lipinski definition) is 5. The Morgan fingerprint density at radius 2 is 1.96 bits per heavy atom. The van der Waals surface area contributed by atoms with E-state index in [0.717, 1.165) is 12.8 Å². The van der Waals surface area contributed by atoms with Crippen molar-refractivity contribution in [2.45, 2.75) is 44.3 Å². The number of hydrogen-bond donors (Lipinski definition) is 0. The fraction of sp³-hybridized carbons (Fsp3) is 0.579. The molecule has 1 aromatic carbocycles. The largest absolute Gasteiger partial charge is 0.284 e. The van der Waals surface area contributed by atoms with Crippen LogP contribution in [0.2, 0.25) is 0 Å². The molecule has 0 amide bonds. The maximum absolute atomic E-state index is 13.3. The topological polar surface area (TPSA) is 69.0 Å². The van der Waals surface area contributed by atoms with Gasteiger partial charge < -0.3 is 0 Å². The number of nitrogens with zero attached hydrogens (tertiary/aromatic N) is 2. The summed E-state index contributed by atoms with van der Waals surface area (Å²) >= 11 is 1.37. The van der Waals surface area contributed by atoms with Crippen LogP contribution in [0.1, 0.15) is 39.2 Å². The first-order valence-electron chi connectivity index (χ1n) is 9.10. The molecule has 0 N–H and O–H groups in total. The van der Waals surface area contributed by atoms with Gasteiger partial charge in [-0.25, -0.2) is 13.4 Å². The SMILES string of the molecule is CC1CCCC(n2c(SCCS(C)(=O)=O)nc3ccccc3c2=O)C1C. The minimum Gasteiger partial charge on any atom is -0.284 e. The molecule has 3 rings (SSSR count). The number of thioether (sulfide) groups is 1. The zero-order chi connectivity index (χ0) is 18.9. The van der Waals surface area contributed by atoms with E-state index in [1.54, 1.807) is 0 Å². The van der Waals surface area contributed by atoms with Crippen LogP contribution >= 0.6 is 11.8 Å². The molecule has 1 heterocycles. The maximum atomic E-state index is 13.3. The summed E-state index contributed by atoms with van der Waals surface area (Å²) in [4.78, 5) is 18.0. The van der Waals surface area contributed by atoms with Crippen molar-refractivity contribution in [3.05, 3.63) is 34.6 Å². The van der Waals surface area contributed by atoms with Gasteiger partial charge in [0.2, 0.25) is 0 Å². The van der Waals surface area contributed by atoms with E-state index >= 15 is 0 Å². The van der Waals surface area contributed by atoms with Gasteiger partial charge in [-0.3, -0.25) is 9.36 Å². The zero-order valence-electron chi connectivity index (χ0n) is 15.5. The minimum absolute atomic E-state index is 0.0107. The quantitative estimate of drug-likeness (QED) is 0.573. The summed E-state index contributed by atoms with van der Waals surface area (Å²) in [6.07, 6.45) is 4.48. The molecule has 1 fully saturated rings. The average molecular weight is 395 g/mol. The average Bonchev–Trinajstić information content (AvgIpc) is 2.57. The first-order chi connectivity index (χ1) is 12.3. The van der Waals surface area contributed by atoms with Crippen molar-refractivity contribution in [1.29, 1.82) is 0 Å². The van der Waals surface area contributed by atoms with Crippen LogP contribution in [0, 0.1) is 11.8 Å². The van der Waals surface area contributed by atoms with Crippen molar-refractivity contribution in [2.24, 2.45) is 11.8 Å². The van der Waals surface area contributed by atoms with Crippen molar-refractivity contribution in [1.82, 2.24) is 9.55 Å². The second kappa shape index (κ2) is 7.72. The van der Waals surface area contributed by atoms with Crippen molar-refractivity contribution < 1.29 is 8.42 Å². The molecule has 7 heteroatoms. The van der Waals surface area contributed by atoms with Gasteiger partial charge in [0.25, 0.3) is 5.56 Å². The highest BCUT2D eigenvalue weighted by molar-refractivity contribution is 8.00. The van der Waals surface area contributed by atoms with Crippen LogP contribution in [0.25, 0.3) is 10.9 Å². The predicted octanol–water partition coefficient (Wildman–Crippen LogP) is 3.53. The van der Waals surface area contributed by atoms with E-state index in [4.69, 9.17) is 4.98 Å². The van der Waals surface area contributed by atoms with Crippen LogP contribution in [0.15, 0.2) is 34.2 Å². The molecule has 0 bridgehead atoms. The van der Waals surface area contributed by atoms with Crippen LogP contribution in [-0.4, -0.2) is 35.7 Å². The van der Waals surface area contributed by atoms with Gasteiger partial charge in [0, 0.05) is 18.1 Å². The van der Waals surface area contributed by atoms with Crippen LogP contribution in [0.3, 0.4) is 0 Å². The Morgan fingerprint density at radius 1 is 1.23 bits per heavy atom. The number of sulfone groups is 1. The molecule has 0 radical (unpaired) electrons. The van der Waals surface area contributed by atoms with Crippen LogP contribution < -0.4 is 5.56 Å². The second-order valence-corrected chi connectivity index (χ2v) is 10.7. The van der Waals surface area contributed by atoms with Crippen molar-refractivity contribution in [2.75, 3.05) is 17.8 Å². The summed E-state index contributed by atoms with van der Waals surface area (Å²) in [6, 6.07) is 7.51. The van der Waals surface area contributed by atoms with Gasteiger partial charge >= 0.3 is 0 Å². The summed E-state index contributed by atoms with van der Waals surface area (Å²) in [6.45, 7) is 4.45. The normalized spacial score (nSPS) is 24.0. The zero-order valence-corrected chi connectivity index (χ0v) is 17.1. The summed E-state index contributed by atoms with van der Waals surface area (Å²) < 4.78 is 24.8. The number of fused-ring (bicyclic) bond motifs is 1. The highest BCUT2D eigenvalue weighted by Gasteiger charge is 2.31. The fourth-order valence-corrected chi connectivity index (χ4v) is 5.97. The molecular weight excluding hydrogens is 368 g/mol. The van der Waals surface area contributed by atoms with Crippen molar-refractivity contribution >= 4 is 32.5 Å². The lowest BCUT2D eigenvalue weighted by molar-refractivity contribution is 0.173. The number of aromatic nitrogens is 2. The molecule has 1 aliphatic rings. The molecule has 0 aliphatic heterocycles. The van der Waals surface area contributed by atoms with Crippen molar-refractivity contribution in [3.63, 3.8) is 0 Å². The highest BCUT2D eigenvalue weighted by atomic mass is 32.2. The van der Waals surface area contributed by atoms with Gasteiger partial charge in [-0.1, -0.05) is 50.6 Å². The molecule has 0 saturated heterocycles. The Kier molecular flexibility index (Phi) is 5.77. The van der Waals surface area contributed by atoms with Gasteiger partial charge in [0.15, 0.2) is 5.16 Å². The Morgan fingerprint density at radius 3 is 2.69 bits per heavy atom. The van der Waals surface area contributed by atoms with Gasteiger partial charge in [-0.15, -0.1) is 0 Å². The van der Waals surface area contributed by atoms with Crippen molar-refractivity contribution in [3.8, 4) is 0 Å². The third-order valence-corrected chi connectivity index (χ3v) is 7.61. The highest BCUT2D eigenvalue weighted by Crippen LogP contribution is 2.38. The lowest BCUT2D eigenvalue weighted by atomic mass is 9.78. The van der Waals surface area contributed by atoms with E-state index in [1.807, 2.05) is 28.8 Å². The van der Waals surface area contributed by atoms with Gasteiger partial charge in [-0.2, -0.15) is 0 Å². The van der Waals surface area contributed by atoms with E-state index < -0.39 is 9.84 Å². The van der Waals surface area contributed by atoms with E-state index in [-0.39, 0.29) is 17.4 Å². The fourth-order valence-electron chi connectivity index (χ4n) is 3.72. The van der Waals surface area contributed by atoms with Crippen LogP contribution in [-0.2, 0) is 9.84 Å². The molecule has 26 heavy (non-hydrogen) atoms. The van der Waals surface area contributed by atoms with Gasteiger partial charge in [-0.05, 0) is 30.4 Å². The van der Waals surface area contributed by atoms with E-state index in [9.17, 15) is 13.2 Å². The summed E-state index contributed by atoms with van der Waals surface area (Å²) in [5.41, 5.74) is 0.663. The summed E-state index contributed by atoms with van der Waals surface area (Å²) in [7, 11) is -3.04. The van der Waals surface area contributed by atoms with Crippen LogP contribution in [0.5, 0.6) is 0 Å². The number of benzene rings is 1.